The monoisotopic (exact) mass is 232 g/mol. The third kappa shape index (κ3) is 2.68. The van der Waals surface area contributed by atoms with Crippen molar-refractivity contribution in [3.63, 3.8) is 0 Å². The Kier molecular flexibility index (Phi) is 3.81. The largest absolute Gasteiger partial charge is 0.459 e. The van der Waals surface area contributed by atoms with E-state index in [0.29, 0.717) is 18.7 Å². The lowest BCUT2D eigenvalue weighted by Gasteiger charge is -2.27. The summed E-state index contributed by atoms with van der Waals surface area (Å²) in [6.45, 7) is 0.501. The van der Waals surface area contributed by atoms with E-state index in [9.17, 15) is 4.79 Å². The SMILES string of the molecule is N#CCCN(C(=O)c1ccco1)C1CCCC1. The van der Waals surface area contributed by atoms with Crippen LogP contribution in [0, 0.1) is 11.3 Å². The van der Waals surface area contributed by atoms with Gasteiger partial charge in [0, 0.05) is 12.6 Å². The molecule has 1 aromatic rings. The van der Waals surface area contributed by atoms with Crippen LogP contribution in [0.1, 0.15) is 42.7 Å². The van der Waals surface area contributed by atoms with E-state index in [4.69, 9.17) is 9.68 Å². The summed E-state index contributed by atoms with van der Waals surface area (Å²) in [4.78, 5) is 14.0. The van der Waals surface area contributed by atoms with Gasteiger partial charge < -0.3 is 9.32 Å². The van der Waals surface area contributed by atoms with E-state index >= 15 is 0 Å². The normalized spacial score (nSPS) is 15.7. The molecule has 0 unspecified atom stereocenters. The summed E-state index contributed by atoms with van der Waals surface area (Å²) in [5.74, 6) is 0.284. The molecule has 1 fully saturated rings. The molecular weight excluding hydrogens is 216 g/mol. The molecule has 0 radical (unpaired) electrons. The number of nitrogens with zero attached hydrogens (tertiary/aromatic N) is 2. The van der Waals surface area contributed by atoms with Gasteiger partial charge in [0.25, 0.3) is 5.91 Å². The number of furan rings is 1. The minimum absolute atomic E-state index is 0.0860. The third-order valence-electron chi connectivity index (χ3n) is 3.22. The van der Waals surface area contributed by atoms with Gasteiger partial charge >= 0.3 is 0 Å². The number of nitriles is 1. The van der Waals surface area contributed by atoms with Gasteiger partial charge in [-0.15, -0.1) is 0 Å². The van der Waals surface area contributed by atoms with Crippen LogP contribution in [-0.4, -0.2) is 23.4 Å². The number of rotatable bonds is 4. The molecule has 0 bridgehead atoms. The van der Waals surface area contributed by atoms with Gasteiger partial charge in [0.1, 0.15) is 0 Å². The van der Waals surface area contributed by atoms with Gasteiger partial charge in [0.15, 0.2) is 5.76 Å². The molecule has 0 atom stereocenters. The Balaban J connectivity index is 2.09. The Hall–Kier alpha value is -1.76. The van der Waals surface area contributed by atoms with Gasteiger partial charge in [-0.3, -0.25) is 4.79 Å². The summed E-state index contributed by atoms with van der Waals surface area (Å²) in [6, 6.07) is 5.77. The zero-order chi connectivity index (χ0) is 12.1. The maximum Gasteiger partial charge on any atom is 0.289 e. The van der Waals surface area contributed by atoms with E-state index in [1.165, 1.54) is 19.1 Å². The van der Waals surface area contributed by atoms with Crippen LogP contribution in [-0.2, 0) is 0 Å². The van der Waals surface area contributed by atoms with Crippen LogP contribution >= 0.6 is 0 Å². The second kappa shape index (κ2) is 5.53. The molecule has 0 aliphatic heterocycles. The van der Waals surface area contributed by atoms with Crippen LogP contribution in [0.2, 0.25) is 0 Å². The predicted molar refractivity (Wildman–Crippen MR) is 62.2 cm³/mol. The zero-order valence-electron chi connectivity index (χ0n) is 9.76. The maximum atomic E-state index is 12.2. The highest BCUT2D eigenvalue weighted by atomic mass is 16.3. The minimum atomic E-state index is -0.0860. The van der Waals surface area contributed by atoms with E-state index in [0.717, 1.165) is 12.8 Å². The smallest absolute Gasteiger partial charge is 0.289 e. The molecule has 1 aliphatic carbocycles. The lowest BCUT2D eigenvalue weighted by atomic mass is 10.2. The number of amides is 1. The maximum absolute atomic E-state index is 12.2. The molecule has 4 nitrogen and oxygen atoms in total. The minimum Gasteiger partial charge on any atom is -0.459 e. The van der Waals surface area contributed by atoms with Crippen LogP contribution in [0.25, 0.3) is 0 Å². The molecule has 0 spiro atoms. The van der Waals surface area contributed by atoms with Crippen molar-refractivity contribution in [2.45, 2.75) is 38.1 Å². The van der Waals surface area contributed by atoms with Gasteiger partial charge in [-0.1, -0.05) is 12.8 Å². The highest BCUT2D eigenvalue weighted by Crippen LogP contribution is 2.25. The lowest BCUT2D eigenvalue weighted by Crippen LogP contribution is -2.39. The van der Waals surface area contributed by atoms with Crippen molar-refractivity contribution in [1.29, 1.82) is 5.26 Å². The molecular formula is C13H16N2O2. The number of hydrogen-bond acceptors (Lipinski definition) is 3. The van der Waals surface area contributed by atoms with Crippen LogP contribution in [0.3, 0.4) is 0 Å². The number of carbonyl (C=O) groups is 1. The fourth-order valence-corrected chi connectivity index (χ4v) is 2.38. The second-order valence-electron chi connectivity index (χ2n) is 4.32. The van der Waals surface area contributed by atoms with Crippen molar-refractivity contribution in [1.82, 2.24) is 4.90 Å². The lowest BCUT2D eigenvalue weighted by molar-refractivity contribution is 0.0653. The van der Waals surface area contributed by atoms with Gasteiger partial charge in [0.05, 0.1) is 18.8 Å². The van der Waals surface area contributed by atoms with Crippen molar-refractivity contribution in [2.24, 2.45) is 0 Å². The Morgan fingerprint density at radius 2 is 2.29 bits per heavy atom. The molecule has 0 N–H and O–H groups in total. The summed E-state index contributed by atoms with van der Waals surface area (Å²) in [5.41, 5.74) is 0. The molecule has 1 saturated carbocycles. The molecule has 1 aromatic heterocycles. The highest BCUT2D eigenvalue weighted by molar-refractivity contribution is 5.91. The first-order valence-electron chi connectivity index (χ1n) is 6.04. The molecule has 1 heterocycles. The van der Waals surface area contributed by atoms with Crippen molar-refractivity contribution in [3.8, 4) is 6.07 Å². The molecule has 2 rings (SSSR count). The summed E-state index contributed by atoms with van der Waals surface area (Å²) in [5, 5.41) is 8.66. The van der Waals surface area contributed by atoms with E-state index in [1.807, 2.05) is 0 Å². The van der Waals surface area contributed by atoms with E-state index in [2.05, 4.69) is 6.07 Å². The van der Waals surface area contributed by atoms with Crippen LogP contribution in [0.15, 0.2) is 22.8 Å². The van der Waals surface area contributed by atoms with E-state index in [1.54, 1.807) is 17.0 Å². The molecule has 0 saturated heterocycles. The fourth-order valence-electron chi connectivity index (χ4n) is 2.38. The summed E-state index contributed by atoms with van der Waals surface area (Å²) in [7, 11) is 0. The first kappa shape index (κ1) is 11.7. The van der Waals surface area contributed by atoms with Crippen molar-refractivity contribution < 1.29 is 9.21 Å². The molecule has 1 amide bonds. The topological polar surface area (TPSA) is 57.2 Å². The summed E-state index contributed by atoms with van der Waals surface area (Å²) in [6.07, 6.45) is 6.29. The zero-order valence-corrected chi connectivity index (χ0v) is 9.76. The molecule has 90 valence electrons. The van der Waals surface area contributed by atoms with Crippen molar-refractivity contribution in [3.05, 3.63) is 24.2 Å². The predicted octanol–water partition coefficient (Wildman–Crippen LogP) is 2.58. The number of carbonyl (C=O) groups excluding carboxylic acids is 1. The first-order chi connectivity index (χ1) is 8.33. The number of hydrogen-bond donors (Lipinski definition) is 0. The Morgan fingerprint density at radius 3 is 2.88 bits per heavy atom. The summed E-state index contributed by atoms with van der Waals surface area (Å²) < 4.78 is 5.14. The average Bonchev–Trinajstić information content (AvgIpc) is 3.02. The van der Waals surface area contributed by atoms with E-state index < -0.39 is 0 Å². The Bertz CT molecular complexity index is 400. The van der Waals surface area contributed by atoms with E-state index in [-0.39, 0.29) is 11.9 Å². The Morgan fingerprint density at radius 1 is 1.53 bits per heavy atom. The van der Waals surface area contributed by atoms with Gasteiger partial charge in [-0.05, 0) is 25.0 Å². The first-order valence-corrected chi connectivity index (χ1v) is 6.04. The highest BCUT2D eigenvalue weighted by Gasteiger charge is 2.28. The van der Waals surface area contributed by atoms with Gasteiger partial charge in [0.2, 0.25) is 0 Å². The quantitative estimate of drug-likeness (QED) is 0.801. The van der Waals surface area contributed by atoms with Gasteiger partial charge in [-0.25, -0.2) is 0 Å². The molecule has 1 aliphatic rings. The summed E-state index contributed by atoms with van der Waals surface area (Å²) >= 11 is 0. The van der Waals surface area contributed by atoms with Crippen LogP contribution < -0.4 is 0 Å². The molecule has 4 heteroatoms. The average molecular weight is 232 g/mol. The van der Waals surface area contributed by atoms with Crippen molar-refractivity contribution in [2.75, 3.05) is 6.54 Å². The standard InChI is InChI=1S/C13H16N2O2/c14-8-4-9-15(11-5-1-2-6-11)13(16)12-7-3-10-17-12/h3,7,10-11H,1-2,4-6,9H2. The van der Waals surface area contributed by atoms with Crippen LogP contribution in [0.4, 0.5) is 0 Å². The second-order valence-corrected chi connectivity index (χ2v) is 4.32. The van der Waals surface area contributed by atoms with Gasteiger partial charge in [-0.2, -0.15) is 5.26 Å². The fraction of sp³-hybridized carbons (Fsp3) is 0.538. The molecule has 0 aromatic carbocycles. The van der Waals surface area contributed by atoms with Crippen molar-refractivity contribution >= 4 is 5.91 Å². The Labute approximate surface area is 101 Å². The molecule has 17 heavy (non-hydrogen) atoms. The van der Waals surface area contributed by atoms with Crippen LogP contribution in [0.5, 0.6) is 0 Å². The third-order valence-corrected chi connectivity index (χ3v) is 3.22.